The summed E-state index contributed by atoms with van der Waals surface area (Å²) in [6, 6.07) is 2.09. The molecule has 14 heavy (non-hydrogen) atoms. The average Bonchev–Trinajstić information content (AvgIpc) is 2.61. The number of hydrogen-bond donors (Lipinski definition) is 1. The highest BCUT2D eigenvalue weighted by molar-refractivity contribution is 5.48. The van der Waals surface area contributed by atoms with Gasteiger partial charge in [0.1, 0.15) is 0 Å². The summed E-state index contributed by atoms with van der Waals surface area (Å²) < 4.78 is 0. The summed E-state index contributed by atoms with van der Waals surface area (Å²) in [6.45, 7) is 12.6. The van der Waals surface area contributed by atoms with Gasteiger partial charge in [0.05, 0.1) is 0 Å². The van der Waals surface area contributed by atoms with Crippen LogP contribution in [0.15, 0.2) is 23.9 Å². The zero-order valence-electron chi connectivity index (χ0n) is 9.52. The Morgan fingerprint density at radius 1 is 1.50 bits per heavy atom. The molecule has 0 amide bonds. The molecule has 0 saturated heterocycles. The fraction of sp³-hybridized carbons (Fsp3) is 0.385. The maximum atomic E-state index is 3.97. The van der Waals surface area contributed by atoms with Gasteiger partial charge in [-0.25, -0.2) is 0 Å². The smallest absolute Gasteiger partial charge is 0.0380 e. The molecule has 1 unspecified atom stereocenters. The molecule has 1 atom stereocenters. The van der Waals surface area contributed by atoms with E-state index in [1.165, 1.54) is 16.4 Å². The second-order valence-corrected chi connectivity index (χ2v) is 3.81. The van der Waals surface area contributed by atoms with E-state index in [2.05, 4.69) is 51.4 Å². The molecule has 0 aliphatic rings. The first-order valence-electron chi connectivity index (χ1n) is 5.03. The molecule has 0 aliphatic carbocycles. The molecule has 0 bridgehead atoms. The minimum absolute atomic E-state index is 0.497. The third-order valence-corrected chi connectivity index (χ3v) is 3.05. The Morgan fingerprint density at radius 2 is 2.14 bits per heavy atom. The van der Waals surface area contributed by atoms with E-state index in [1.54, 1.807) is 0 Å². The highest BCUT2D eigenvalue weighted by Crippen LogP contribution is 2.18. The van der Waals surface area contributed by atoms with Crippen LogP contribution in [0.5, 0.6) is 0 Å². The van der Waals surface area contributed by atoms with E-state index in [9.17, 15) is 0 Å². The summed E-state index contributed by atoms with van der Waals surface area (Å²) in [5.41, 5.74) is 2.79. The molecule has 0 spiro atoms. The molecule has 0 saturated carbocycles. The fourth-order valence-electron chi connectivity index (χ4n) is 1.60. The summed E-state index contributed by atoms with van der Waals surface area (Å²) in [6.07, 6.45) is 4.11. The lowest BCUT2D eigenvalue weighted by Crippen LogP contribution is -2.24. The predicted molar refractivity (Wildman–Crippen MR) is 63.2 cm³/mol. The van der Waals surface area contributed by atoms with E-state index < -0.39 is 0 Å². The Kier molecular flexibility index (Phi) is 3.34. The number of hydrogen-bond acceptors (Lipinski definition) is 0. The number of allylic oxidation sites excluding steroid dienone is 2. The lowest BCUT2D eigenvalue weighted by atomic mass is 9.93. The van der Waals surface area contributed by atoms with Crippen LogP contribution in [-0.4, -0.2) is 4.98 Å². The molecule has 1 nitrogen and oxygen atoms in total. The molecule has 1 aromatic rings. The van der Waals surface area contributed by atoms with Gasteiger partial charge < -0.3 is 4.98 Å². The zero-order valence-corrected chi connectivity index (χ0v) is 9.52. The number of nitrogens with one attached hydrogen (secondary N) is 1. The van der Waals surface area contributed by atoms with Crippen LogP contribution in [0.3, 0.4) is 0 Å². The van der Waals surface area contributed by atoms with Crippen LogP contribution in [0.25, 0.3) is 12.2 Å². The normalized spacial score (nSPS) is 16.7. The first-order valence-corrected chi connectivity index (χ1v) is 5.03. The molecular weight excluding hydrogens is 170 g/mol. The van der Waals surface area contributed by atoms with Gasteiger partial charge in [-0.1, -0.05) is 30.7 Å². The zero-order chi connectivity index (χ0) is 10.7. The summed E-state index contributed by atoms with van der Waals surface area (Å²) >= 11 is 0. The van der Waals surface area contributed by atoms with Crippen LogP contribution >= 0.6 is 0 Å². The molecule has 0 radical (unpaired) electrons. The third-order valence-electron chi connectivity index (χ3n) is 3.05. The Balaban J connectivity index is 3.26. The van der Waals surface area contributed by atoms with E-state index in [0.717, 1.165) is 5.35 Å². The van der Waals surface area contributed by atoms with Gasteiger partial charge in [-0.3, -0.25) is 0 Å². The monoisotopic (exact) mass is 189 g/mol. The van der Waals surface area contributed by atoms with Gasteiger partial charge in [0.25, 0.3) is 0 Å². The number of H-pyrrole nitrogens is 1. The maximum Gasteiger partial charge on any atom is 0.0380 e. The van der Waals surface area contributed by atoms with Crippen molar-refractivity contribution in [2.24, 2.45) is 5.92 Å². The van der Waals surface area contributed by atoms with Crippen molar-refractivity contribution < 1.29 is 0 Å². The molecule has 1 aromatic heterocycles. The van der Waals surface area contributed by atoms with Crippen molar-refractivity contribution >= 4 is 12.2 Å². The Hall–Kier alpha value is -1.24. The molecule has 1 N–H and O–H groups in total. The van der Waals surface area contributed by atoms with Crippen LogP contribution in [0.2, 0.25) is 0 Å². The lowest BCUT2D eigenvalue weighted by Gasteiger charge is -2.12. The Labute approximate surface area is 85.9 Å². The number of aromatic amines is 1. The second-order valence-electron chi connectivity index (χ2n) is 3.81. The number of rotatable bonds is 2. The lowest BCUT2D eigenvalue weighted by molar-refractivity contribution is 0.867. The topological polar surface area (TPSA) is 15.8 Å². The Morgan fingerprint density at radius 3 is 2.57 bits per heavy atom. The van der Waals surface area contributed by atoms with Crippen LogP contribution in [0, 0.1) is 5.92 Å². The second kappa shape index (κ2) is 4.32. The van der Waals surface area contributed by atoms with Crippen molar-refractivity contribution in [3.63, 3.8) is 0 Å². The minimum Gasteiger partial charge on any atom is -0.362 e. The molecule has 76 valence electrons. The molecule has 0 aliphatic heterocycles. The quantitative estimate of drug-likeness (QED) is 0.686. The van der Waals surface area contributed by atoms with E-state index >= 15 is 0 Å². The van der Waals surface area contributed by atoms with E-state index in [1.807, 2.05) is 6.20 Å². The van der Waals surface area contributed by atoms with Crippen molar-refractivity contribution in [2.75, 3.05) is 0 Å². The number of aromatic nitrogens is 1. The van der Waals surface area contributed by atoms with Gasteiger partial charge in [0, 0.05) is 11.5 Å². The molecule has 1 heterocycles. The Bertz CT molecular complexity index is 434. The van der Waals surface area contributed by atoms with Crippen LogP contribution in [0.1, 0.15) is 27.7 Å². The highest BCUT2D eigenvalue weighted by atomic mass is 14.6. The van der Waals surface area contributed by atoms with Gasteiger partial charge in [0.2, 0.25) is 0 Å². The average molecular weight is 189 g/mol. The third kappa shape index (κ3) is 1.98. The van der Waals surface area contributed by atoms with Gasteiger partial charge in [-0.15, -0.1) is 0 Å². The molecule has 0 fully saturated rings. The van der Waals surface area contributed by atoms with Crippen LogP contribution < -0.4 is 10.6 Å². The highest BCUT2D eigenvalue weighted by Gasteiger charge is 2.06. The largest absolute Gasteiger partial charge is 0.362 e. The van der Waals surface area contributed by atoms with Gasteiger partial charge in [0.15, 0.2) is 0 Å². The first kappa shape index (κ1) is 10.8. The van der Waals surface area contributed by atoms with E-state index in [4.69, 9.17) is 0 Å². The molecule has 1 rings (SSSR count). The van der Waals surface area contributed by atoms with Crippen LogP contribution in [0.4, 0.5) is 0 Å². The summed E-state index contributed by atoms with van der Waals surface area (Å²) in [7, 11) is 0. The van der Waals surface area contributed by atoms with Crippen molar-refractivity contribution in [1.82, 2.24) is 4.98 Å². The molecule has 0 aromatic carbocycles. The molecular formula is C13H19N. The van der Waals surface area contributed by atoms with Crippen molar-refractivity contribution in [3.05, 3.63) is 34.5 Å². The summed E-state index contributed by atoms with van der Waals surface area (Å²) in [4.78, 5) is 3.11. The van der Waals surface area contributed by atoms with Crippen molar-refractivity contribution in [2.45, 2.75) is 27.7 Å². The van der Waals surface area contributed by atoms with E-state index in [-0.39, 0.29) is 0 Å². The fourth-order valence-corrected chi connectivity index (χ4v) is 1.60. The first-order chi connectivity index (χ1) is 6.57. The van der Waals surface area contributed by atoms with Crippen molar-refractivity contribution in [3.8, 4) is 0 Å². The van der Waals surface area contributed by atoms with Gasteiger partial charge in [-0.05, 0) is 38.0 Å². The SMILES string of the molecule is C=c1[nH]cc/c1=C(\C)C(C)C(C)=CC. The summed E-state index contributed by atoms with van der Waals surface area (Å²) in [5, 5.41) is 2.26. The van der Waals surface area contributed by atoms with Crippen LogP contribution in [-0.2, 0) is 0 Å². The summed E-state index contributed by atoms with van der Waals surface area (Å²) in [5.74, 6) is 0.497. The van der Waals surface area contributed by atoms with Gasteiger partial charge in [-0.2, -0.15) is 0 Å². The maximum absolute atomic E-state index is 3.97. The standard InChI is InChI=1S/C13H19N/c1-6-9(2)10(3)11(4)13-7-8-14-12(13)5/h6-8,10,14H,5H2,1-4H3/b9-6?,13-11-. The predicted octanol–water partition coefficient (Wildman–Crippen LogP) is 2.20. The van der Waals surface area contributed by atoms with Gasteiger partial charge >= 0.3 is 0 Å². The minimum atomic E-state index is 0.497. The van der Waals surface area contributed by atoms with E-state index in [0.29, 0.717) is 5.92 Å². The van der Waals surface area contributed by atoms with Crippen molar-refractivity contribution in [1.29, 1.82) is 0 Å². The molecule has 1 heteroatoms.